The monoisotopic (exact) mass is 286 g/mol. The molecule has 7 heteroatoms. The van der Waals surface area contributed by atoms with Crippen LogP contribution in [0.2, 0.25) is 0 Å². The first-order chi connectivity index (χ1) is 8.55. The number of aromatic nitrogens is 1. The van der Waals surface area contributed by atoms with Gasteiger partial charge < -0.3 is 5.32 Å². The molecule has 0 unspecified atom stereocenters. The van der Waals surface area contributed by atoms with Gasteiger partial charge in [0.2, 0.25) is 5.91 Å². The van der Waals surface area contributed by atoms with Crippen LogP contribution in [0, 0.1) is 0 Å². The molecule has 1 amide bonds. The highest BCUT2D eigenvalue weighted by Crippen LogP contribution is 2.15. The zero-order valence-electron chi connectivity index (χ0n) is 9.70. The minimum Gasteiger partial charge on any atom is -0.352 e. The van der Waals surface area contributed by atoms with E-state index in [2.05, 4.69) is 10.3 Å². The molecule has 1 aliphatic heterocycles. The normalized spacial score (nSPS) is 21.7. The van der Waals surface area contributed by atoms with E-state index in [9.17, 15) is 13.2 Å². The molecule has 1 fully saturated rings. The lowest BCUT2D eigenvalue weighted by Crippen LogP contribution is -2.36. The minimum atomic E-state index is -2.94. The summed E-state index contributed by atoms with van der Waals surface area (Å²) in [5.41, 5.74) is 0. The van der Waals surface area contributed by atoms with Crippen molar-refractivity contribution in [2.24, 2.45) is 0 Å². The Bertz CT molecular complexity index is 516. The Morgan fingerprint density at radius 1 is 1.50 bits per heavy atom. The van der Waals surface area contributed by atoms with Crippen LogP contribution in [-0.2, 0) is 14.6 Å². The Kier molecular flexibility index (Phi) is 4.23. The summed E-state index contributed by atoms with van der Waals surface area (Å²) in [4.78, 5) is 15.7. The summed E-state index contributed by atoms with van der Waals surface area (Å²) in [6.07, 6.45) is 2.19. The van der Waals surface area contributed by atoms with Gasteiger partial charge in [-0.3, -0.25) is 4.79 Å². The van der Waals surface area contributed by atoms with Gasteiger partial charge >= 0.3 is 0 Å². The molecule has 1 aromatic rings. The van der Waals surface area contributed by atoms with Gasteiger partial charge in [0.05, 0.1) is 22.3 Å². The molecule has 18 heavy (non-hydrogen) atoms. The summed E-state index contributed by atoms with van der Waals surface area (Å²) >= 11 is 1.34. The SMILES string of the molecule is O=C(CSc1ccccn1)N[C@@H]1CCS(=O)(=O)C1. The molecule has 0 aromatic carbocycles. The molecule has 1 saturated heterocycles. The molecule has 0 aliphatic carbocycles. The summed E-state index contributed by atoms with van der Waals surface area (Å²) < 4.78 is 22.5. The van der Waals surface area contributed by atoms with Crippen LogP contribution in [0.1, 0.15) is 6.42 Å². The van der Waals surface area contributed by atoms with E-state index < -0.39 is 9.84 Å². The molecule has 5 nitrogen and oxygen atoms in total. The Labute approximate surface area is 110 Å². The average Bonchev–Trinajstić information content (AvgIpc) is 2.67. The van der Waals surface area contributed by atoms with Crippen molar-refractivity contribution in [3.05, 3.63) is 24.4 Å². The van der Waals surface area contributed by atoms with Crippen molar-refractivity contribution < 1.29 is 13.2 Å². The smallest absolute Gasteiger partial charge is 0.230 e. The fraction of sp³-hybridized carbons (Fsp3) is 0.455. The van der Waals surface area contributed by atoms with Gasteiger partial charge in [-0.15, -0.1) is 0 Å². The summed E-state index contributed by atoms with van der Waals surface area (Å²) in [6, 6.07) is 5.27. The van der Waals surface area contributed by atoms with Crippen LogP contribution in [0.5, 0.6) is 0 Å². The highest BCUT2D eigenvalue weighted by molar-refractivity contribution is 7.99. The third-order valence-electron chi connectivity index (χ3n) is 2.59. The van der Waals surface area contributed by atoms with Gasteiger partial charge in [0, 0.05) is 12.2 Å². The van der Waals surface area contributed by atoms with Crippen LogP contribution in [0.15, 0.2) is 29.4 Å². The van der Waals surface area contributed by atoms with Crippen molar-refractivity contribution in [3.63, 3.8) is 0 Å². The number of rotatable bonds is 4. The average molecular weight is 286 g/mol. The first kappa shape index (κ1) is 13.4. The summed E-state index contributed by atoms with van der Waals surface area (Å²) in [5, 5.41) is 3.52. The van der Waals surface area contributed by atoms with Gasteiger partial charge in [0.25, 0.3) is 0 Å². The van der Waals surface area contributed by atoms with E-state index in [1.165, 1.54) is 11.8 Å². The third kappa shape index (κ3) is 3.99. The predicted molar refractivity (Wildman–Crippen MR) is 70.2 cm³/mol. The van der Waals surface area contributed by atoms with Gasteiger partial charge in [0.1, 0.15) is 0 Å². The quantitative estimate of drug-likeness (QED) is 0.815. The zero-order chi connectivity index (χ0) is 13.0. The number of nitrogens with zero attached hydrogens (tertiary/aromatic N) is 1. The van der Waals surface area contributed by atoms with Crippen LogP contribution in [0.3, 0.4) is 0 Å². The Morgan fingerprint density at radius 2 is 2.33 bits per heavy atom. The van der Waals surface area contributed by atoms with E-state index in [0.29, 0.717) is 6.42 Å². The number of hydrogen-bond acceptors (Lipinski definition) is 5. The van der Waals surface area contributed by atoms with Gasteiger partial charge in [-0.1, -0.05) is 17.8 Å². The number of hydrogen-bond donors (Lipinski definition) is 1. The molecule has 1 aliphatic rings. The maximum absolute atomic E-state index is 11.6. The number of nitrogens with one attached hydrogen (secondary N) is 1. The van der Waals surface area contributed by atoms with E-state index in [4.69, 9.17) is 0 Å². The fourth-order valence-corrected chi connectivity index (χ4v) is 4.10. The molecule has 0 bridgehead atoms. The molecule has 2 heterocycles. The van der Waals surface area contributed by atoms with Crippen molar-refractivity contribution in [3.8, 4) is 0 Å². The largest absolute Gasteiger partial charge is 0.352 e. The Hall–Kier alpha value is -1.08. The first-order valence-corrected chi connectivity index (χ1v) is 8.39. The zero-order valence-corrected chi connectivity index (χ0v) is 11.3. The minimum absolute atomic E-state index is 0.0625. The van der Waals surface area contributed by atoms with Gasteiger partial charge in [-0.05, 0) is 18.6 Å². The van der Waals surface area contributed by atoms with Gasteiger partial charge in [-0.2, -0.15) is 0 Å². The van der Waals surface area contributed by atoms with Crippen molar-refractivity contribution in [2.45, 2.75) is 17.5 Å². The number of thioether (sulfide) groups is 1. The van der Waals surface area contributed by atoms with E-state index >= 15 is 0 Å². The highest BCUT2D eigenvalue weighted by Gasteiger charge is 2.28. The van der Waals surface area contributed by atoms with Crippen molar-refractivity contribution in [1.82, 2.24) is 10.3 Å². The molecular formula is C11H14N2O3S2. The number of carbonyl (C=O) groups excluding carboxylic acids is 1. The topological polar surface area (TPSA) is 76.1 Å². The van der Waals surface area contributed by atoms with E-state index in [1.807, 2.05) is 18.2 Å². The van der Waals surface area contributed by atoms with Crippen LogP contribution in [0.25, 0.3) is 0 Å². The van der Waals surface area contributed by atoms with E-state index in [1.54, 1.807) is 6.20 Å². The summed E-state index contributed by atoms with van der Waals surface area (Å²) in [7, 11) is -2.94. The maximum atomic E-state index is 11.6. The number of carbonyl (C=O) groups is 1. The molecule has 0 radical (unpaired) electrons. The number of amides is 1. The molecule has 0 spiro atoms. The Balaban J connectivity index is 1.76. The van der Waals surface area contributed by atoms with Crippen LogP contribution in [0.4, 0.5) is 0 Å². The maximum Gasteiger partial charge on any atom is 0.230 e. The van der Waals surface area contributed by atoms with Crippen molar-refractivity contribution >= 4 is 27.5 Å². The molecular weight excluding hydrogens is 272 g/mol. The molecule has 98 valence electrons. The van der Waals surface area contributed by atoms with Crippen molar-refractivity contribution in [1.29, 1.82) is 0 Å². The summed E-state index contributed by atoms with van der Waals surface area (Å²) in [6.45, 7) is 0. The Morgan fingerprint density at radius 3 is 2.94 bits per heavy atom. The van der Waals surface area contributed by atoms with E-state index in [0.717, 1.165) is 5.03 Å². The molecule has 0 saturated carbocycles. The standard InChI is InChI=1S/C11H14N2O3S2/c14-10(7-17-11-3-1-2-5-12-11)13-9-4-6-18(15,16)8-9/h1-3,5,9H,4,6-8H2,(H,13,14)/t9-/m1/s1. The molecule has 1 N–H and O–H groups in total. The van der Waals surface area contributed by atoms with Crippen molar-refractivity contribution in [2.75, 3.05) is 17.3 Å². The number of pyridine rings is 1. The molecule has 1 atom stereocenters. The van der Waals surface area contributed by atoms with Gasteiger partial charge in [-0.25, -0.2) is 13.4 Å². The first-order valence-electron chi connectivity index (χ1n) is 5.59. The number of sulfone groups is 1. The predicted octanol–water partition coefficient (Wildman–Crippen LogP) is 0.477. The second-order valence-corrected chi connectivity index (χ2v) is 7.35. The lowest BCUT2D eigenvalue weighted by atomic mass is 10.3. The summed E-state index contributed by atoms with van der Waals surface area (Å²) in [5.74, 6) is 0.346. The lowest BCUT2D eigenvalue weighted by molar-refractivity contribution is -0.119. The van der Waals surface area contributed by atoms with Gasteiger partial charge in [0.15, 0.2) is 9.84 Å². The second kappa shape index (κ2) is 5.71. The van der Waals surface area contributed by atoms with Crippen LogP contribution < -0.4 is 5.32 Å². The molecule has 1 aromatic heterocycles. The molecule has 2 rings (SSSR count). The van der Waals surface area contributed by atoms with E-state index in [-0.39, 0.29) is 29.2 Å². The van der Waals surface area contributed by atoms with Crippen LogP contribution in [-0.4, -0.2) is 42.6 Å². The highest BCUT2D eigenvalue weighted by atomic mass is 32.2. The third-order valence-corrected chi connectivity index (χ3v) is 5.30. The second-order valence-electron chi connectivity index (χ2n) is 4.12. The lowest BCUT2D eigenvalue weighted by Gasteiger charge is -2.10. The fourth-order valence-electron chi connectivity index (χ4n) is 1.75. The van der Waals surface area contributed by atoms with Crippen LogP contribution >= 0.6 is 11.8 Å².